The number of nitrogens with two attached hydrogens (primary N) is 1. The lowest BCUT2D eigenvalue weighted by atomic mass is 10.0. The minimum Gasteiger partial charge on any atom is -0.324 e. The molecule has 0 bridgehead atoms. The normalized spacial score (nSPS) is 12.2. The van der Waals surface area contributed by atoms with Gasteiger partial charge in [0.1, 0.15) is 0 Å². The minimum atomic E-state index is -0.130. The summed E-state index contributed by atoms with van der Waals surface area (Å²) in [5.74, 6) is 0. The maximum Gasteiger partial charge on any atom is 0.0231 e. The highest BCUT2D eigenvalue weighted by Gasteiger charge is 2.13. The second-order valence-electron chi connectivity index (χ2n) is 5.58. The van der Waals surface area contributed by atoms with Crippen LogP contribution < -0.4 is 5.73 Å². The molecule has 16 heavy (non-hydrogen) atoms. The fourth-order valence-corrected chi connectivity index (χ4v) is 1.97. The minimum absolute atomic E-state index is 0.130. The molecule has 0 amide bonds. The number of hydrogen-bond donors (Lipinski definition) is 1. The van der Waals surface area contributed by atoms with Crippen LogP contribution in [0.15, 0.2) is 18.2 Å². The first-order chi connectivity index (χ1) is 7.28. The molecule has 0 unspecified atom stereocenters. The van der Waals surface area contributed by atoms with E-state index in [1.807, 2.05) is 0 Å². The molecule has 1 aromatic carbocycles. The van der Waals surface area contributed by atoms with Crippen molar-refractivity contribution in [2.45, 2.75) is 39.8 Å². The molecule has 0 spiro atoms. The van der Waals surface area contributed by atoms with Crippen molar-refractivity contribution in [3.05, 3.63) is 34.9 Å². The number of aryl methyl sites for hydroxylation is 2. The van der Waals surface area contributed by atoms with Crippen LogP contribution in [-0.4, -0.2) is 24.0 Å². The smallest absolute Gasteiger partial charge is 0.0231 e. The Hall–Kier alpha value is -0.860. The van der Waals surface area contributed by atoms with Gasteiger partial charge in [-0.2, -0.15) is 0 Å². The Kier molecular flexibility index (Phi) is 4.11. The average molecular weight is 220 g/mol. The molecule has 2 N–H and O–H groups in total. The van der Waals surface area contributed by atoms with E-state index >= 15 is 0 Å². The SMILES string of the molecule is Cc1ccc(CN(C)CC(C)(C)N)cc1C. The first kappa shape index (κ1) is 13.2. The van der Waals surface area contributed by atoms with Gasteiger partial charge < -0.3 is 10.6 Å². The van der Waals surface area contributed by atoms with Crippen LogP contribution in [0.2, 0.25) is 0 Å². The van der Waals surface area contributed by atoms with E-state index in [9.17, 15) is 0 Å². The monoisotopic (exact) mass is 220 g/mol. The highest BCUT2D eigenvalue weighted by molar-refractivity contribution is 5.29. The van der Waals surface area contributed by atoms with Crippen molar-refractivity contribution < 1.29 is 0 Å². The predicted octanol–water partition coefficient (Wildman–Crippen LogP) is 2.47. The van der Waals surface area contributed by atoms with Crippen LogP contribution in [0.1, 0.15) is 30.5 Å². The molecule has 1 rings (SSSR count). The zero-order valence-electron chi connectivity index (χ0n) is 11.2. The van der Waals surface area contributed by atoms with E-state index in [4.69, 9.17) is 5.73 Å². The number of nitrogens with zero attached hydrogens (tertiary/aromatic N) is 1. The Morgan fingerprint density at radius 1 is 1.19 bits per heavy atom. The first-order valence-electron chi connectivity index (χ1n) is 5.81. The summed E-state index contributed by atoms with van der Waals surface area (Å²) in [7, 11) is 2.11. The van der Waals surface area contributed by atoms with Crippen LogP contribution in [0.4, 0.5) is 0 Å². The molecule has 0 fully saturated rings. The second kappa shape index (κ2) is 4.98. The summed E-state index contributed by atoms with van der Waals surface area (Å²) in [5.41, 5.74) is 9.94. The van der Waals surface area contributed by atoms with Crippen LogP contribution in [0.5, 0.6) is 0 Å². The largest absolute Gasteiger partial charge is 0.324 e. The maximum absolute atomic E-state index is 6.00. The lowest BCUT2D eigenvalue weighted by Crippen LogP contribution is -2.43. The highest BCUT2D eigenvalue weighted by Crippen LogP contribution is 2.12. The van der Waals surface area contributed by atoms with Crippen LogP contribution in [0, 0.1) is 13.8 Å². The zero-order valence-corrected chi connectivity index (χ0v) is 11.2. The molecule has 90 valence electrons. The van der Waals surface area contributed by atoms with Crippen molar-refractivity contribution in [2.75, 3.05) is 13.6 Å². The molecule has 0 aliphatic heterocycles. The van der Waals surface area contributed by atoms with Crippen molar-refractivity contribution in [3.63, 3.8) is 0 Å². The Bertz CT molecular complexity index is 350. The van der Waals surface area contributed by atoms with Gasteiger partial charge in [-0.1, -0.05) is 18.2 Å². The number of hydrogen-bond acceptors (Lipinski definition) is 2. The molecule has 2 nitrogen and oxygen atoms in total. The molecule has 0 saturated heterocycles. The van der Waals surface area contributed by atoms with E-state index in [1.165, 1.54) is 16.7 Å². The third-order valence-corrected chi connectivity index (χ3v) is 2.70. The van der Waals surface area contributed by atoms with Gasteiger partial charge in [-0.3, -0.25) is 0 Å². The van der Waals surface area contributed by atoms with E-state index in [1.54, 1.807) is 0 Å². The third kappa shape index (κ3) is 4.33. The highest BCUT2D eigenvalue weighted by atomic mass is 15.1. The van der Waals surface area contributed by atoms with Crippen molar-refractivity contribution in [1.29, 1.82) is 0 Å². The fourth-order valence-electron chi connectivity index (χ4n) is 1.97. The summed E-state index contributed by atoms with van der Waals surface area (Å²) in [6.45, 7) is 10.3. The Labute approximate surface area is 99.5 Å². The summed E-state index contributed by atoms with van der Waals surface area (Å²) >= 11 is 0. The van der Waals surface area contributed by atoms with Gasteiger partial charge >= 0.3 is 0 Å². The fraction of sp³-hybridized carbons (Fsp3) is 0.571. The standard InChI is InChI=1S/C14H24N2/c1-11-6-7-13(8-12(11)2)9-16(5)10-14(3,4)15/h6-8H,9-10,15H2,1-5H3. The molecular weight excluding hydrogens is 196 g/mol. The van der Waals surface area contributed by atoms with E-state index in [2.05, 4.69) is 57.8 Å². The van der Waals surface area contributed by atoms with Crippen LogP contribution in [-0.2, 0) is 6.54 Å². The van der Waals surface area contributed by atoms with Gasteiger partial charge in [0.15, 0.2) is 0 Å². The average Bonchev–Trinajstić information content (AvgIpc) is 2.08. The molecule has 0 saturated carbocycles. The summed E-state index contributed by atoms with van der Waals surface area (Å²) in [5, 5.41) is 0. The van der Waals surface area contributed by atoms with Gasteiger partial charge in [0.05, 0.1) is 0 Å². The second-order valence-corrected chi connectivity index (χ2v) is 5.58. The lowest BCUT2D eigenvalue weighted by Gasteiger charge is -2.26. The van der Waals surface area contributed by atoms with Crippen molar-refractivity contribution >= 4 is 0 Å². The number of rotatable bonds is 4. The summed E-state index contributed by atoms with van der Waals surface area (Å²) < 4.78 is 0. The van der Waals surface area contributed by atoms with E-state index in [0.29, 0.717) is 0 Å². The quantitative estimate of drug-likeness (QED) is 0.844. The molecule has 0 heterocycles. The van der Waals surface area contributed by atoms with Gasteiger partial charge in [-0.05, 0) is 51.4 Å². The van der Waals surface area contributed by atoms with Crippen molar-refractivity contribution in [3.8, 4) is 0 Å². The van der Waals surface area contributed by atoms with Gasteiger partial charge in [0, 0.05) is 18.6 Å². The molecule has 0 aliphatic carbocycles. The summed E-state index contributed by atoms with van der Waals surface area (Å²) in [6, 6.07) is 6.64. The molecule has 1 aromatic rings. The molecule has 0 radical (unpaired) electrons. The van der Waals surface area contributed by atoms with Gasteiger partial charge in [0.2, 0.25) is 0 Å². The zero-order chi connectivity index (χ0) is 12.3. The van der Waals surface area contributed by atoms with Gasteiger partial charge in [-0.15, -0.1) is 0 Å². The first-order valence-corrected chi connectivity index (χ1v) is 5.81. The van der Waals surface area contributed by atoms with E-state index < -0.39 is 0 Å². The Morgan fingerprint density at radius 3 is 2.31 bits per heavy atom. The third-order valence-electron chi connectivity index (χ3n) is 2.70. The summed E-state index contributed by atoms with van der Waals surface area (Å²) in [6.07, 6.45) is 0. The Balaban J connectivity index is 2.63. The molecule has 0 atom stereocenters. The molecule has 0 aromatic heterocycles. The number of likely N-dealkylation sites (N-methyl/N-ethyl adjacent to an activating group) is 1. The van der Waals surface area contributed by atoms with Crippen LogP contribution in [0.25, 0.3) is 0 Å². The Morgan fingerprint density at radius 2 is 1.81 bits per heavy atom. The van der Waals surface area contributed by atoms with Crippen LogP contribution >= 0.6 is 0 Å². The van der Waals surface area contributed by atoms with Crippen molar-refractivity contribution in [1.82, 2.24) is 4.90 Å². The lowest BCUT2D eigenvalue weighted by molar-refractivity contribution is 0.263. The number of benzene rings is 1. The van der Waals surface area contributed by atoms with Gasteiger partial charge in [0.25, 0.3) is 0 Å². The molecular formula is C14H24N2. The van der Waals surface area contributed by atoms with E-state index in [-0.39, 0.29) is 5.54 Å². The topological polar surface area (TPSA) is 29.3 Å². The summed E-state index contributed by atoms with van der Waals surface area (Å²) in [4.78, 5) is 2.27. The maximum atomic E-state index is 6.00. The molecule has 0 aliphatic rings. The van der Waals surface area contributed by atoms with Crippen LogP contribution in [0.3, 0.4) is 0 Å². The van der Waals surface area contributed by atoms with E-state index in [0.717, 1.165) is 13.1 Å². The predicted molar refractivity (Wildman–Crippen MR) is 70.5 cm³/mol. The molecule has 2 heteroatoms. The van der Waals surface area contributed by atoms with Gasteiger partial charge in [-0.25, -0.2) is 0 Å². The van der Waals surface area contributed by atoms with Crippen molar-refractivity contribution in [2.24, 2.45) is 5.73 Å².